The Labute approximate surface area is 94.3 Å². The SMILES string of the molecule is CCn1cc(Cn2cc(CNC)nn2)cn1. The number of rotatable bonds is 5. The molecule has 2 rings (SSSR count). The predicted molar refractivity (Wildman–Crippen MR) is 59.8 cm³/mol. The van der Waals surface area contributed by atoms with Crippen LogP contribution in [0.1, 0.15) is 18.2 Å². The lowest BCUT2D eigenvalue weighted by Gasteiger charge is -1.95. The second kappa shape index (κ2) is 4.89. The van der Waals surface area contributed by atoms with Crippen molar-refractivity contribution in [1.29, 1.82) is 0 Å². The molecule has 0 aromatic carbocycles. The second-order valence-electron chi connectivity index (χ2n) is 3.64. The number of aromatic nitrogens is 5. The first kappa shape index (κ1) is 10.8. The van der Waals surface area contributed by atoms with Gasteiger partial charge in [0.1, 0.15) is 0 Å². The number of hydrogen-bond acceptors (Lipinski definition) is 4. The van der Waals surface area contributed by atoms with Crippen molar-refractivity contribution in [3.05, 3.63) is 29.8 Å². The molecule has 0 unspecified atom stereocenters. The van der Waals surface area contributed by atoms with Gasteiger partial charge >= 0.3 is 0 Å². The molecule has 0 amide bonds. The average Bonchev–Trinajstić information content (AvgIpc) is 2.89. The number of nitrogens with one attached hydrogen (secondary N) is 1. The molecule has 2 heterocycles. The van der Waals surface area contributed by atoms with E-state index in [1.165, 1.54) is 0 Å². The first-order chi connectivity index (χ1) is 7.81. The zero-order chi connectivity index (χ0) is 11.4. The molecule has 1 N–H and O–H groups in total. The third-order valence-corrected chi connectivity index (χ3v) is 2.30. The van der Waals surface area contributed by atoms with Crippen LogP contribution in [0.3, 0.4) is 0 Å². The van der Waals surface area contributed by atoms with Crippen molar-refractivity contribution in [3.8, 4) is 0 Å². The van der Waals surface area contributed by atoms with Gasteiger partial charge in [-0.25, -0.2) is 4.68 Å². The first-order valence-electron chi connectivity index (χ1n) is 5.36. The van der Waals surface area contributed by atoms with Crippen LogP contribution in [0.15, 0.2) is 18.6 Å². The van der Waals surface area contributed by atoms with Gasteiger partial charge in [0.15, 0.2) is 0 Å². The molecule has 0 aliphatic heterocycles. The zero-order valence-electron chi connectivity index (χ0n) is 9.59. The van der Waals surface area contributed by atoms with Crippen molar-refractivity contribution < 1.29 is 0 Å². The van der Waals surface area contributed by atoms with Crippen molar-refractivity contribution >= 4 is 0 Å². The molecule has 0 aliphatic carbocycles. The Balaban J connectivity index is 2.02. The van der Waals surface area contributed by atoms with Crippen molar-refractivity contribution in [1.82, 2.24) is 30.1 Å². The van der Waals surface area contributed by atoms with Crippen LogP contribution in [0.25, 0.3) is 0 Å². The molecule has 0 radical (unpaired) electrons. The number of hydrogen-bond donors (Lipinski definition) is 1. The van der Waals surface area contributed by atoms with Crippen molar-refractivity contribution in [2.45, 2.75) is 26.6 Å². The fourth-order valence-electron chi connectivity index (χ4n) is 1.53. The van der Waals surface area contributed by atoms with Crippen LogP contribution in [0, 0.1) is 0 Å². The van der Waals surface area contributed by atoms with E-state index in [0.29, 0.717) is 0 Å². The molecule has 0 atom stereocenters. The topological polar surface area (TPSA) is 60.6 Å². The third kappa shape index (κ3) is 2.46. The highest BCUT2D eigenvalue weighted by atomic mass is 15.4. The van der Waals surface area contributed by atoms with Gasteiger partial charge in [-0.1, -0.05) is 5.21 Å². The van der Waals surface area contributed by atoms with E-state index in [1.54, 1.807) is 0 Å². The third-order valence-electron chi connectivity index (χ3n) is 2.30. The van der Waals surface area contributed by atoms with Gasteiger partial charge in [-0.15, -0.1) is 5.10 Å². The van der Waals surface area contributed by atoms with E-state index in [-0.39, 0.29) is 0 Å². The van der Waals surface area contributed by atoms with E-state index < -0.39 is 0 Å². The molecule has 2 aromatic heterocycles. The molecular formula is C10H16N6. The van der Waals surface area contributed by atoms with Crippen LogP contribution < -0.4 is 5.32 Å². The molecule has 0 bridgehead atoms. The summed E-state index contributed by atoms with van der Waals surface area (Å²) >= 11 is 0. The van der Waals surface area contributed by atoms with Gasteiger partial charge in [-0.2, -0.15) is 5.10 Å². The van der Waals surface area contributed by atoms with Gasteiger partial charge in [0.05, 0.1) is 24.6 Å². The maximum atomic E-state index is 4.22. The number of aryl methyl sites for hydroxylation is 1. The fourth-order valence-corrected chi connectivity index (χ4v) is 1.53. The lowest BCUT2D eigenvalue weighted by atomic mass is 10.3. The van der Waals surface area contributed by atoms with E-state index in [9.17, 15) is 0 Å². The first-order valence-corrected chi connectivity index (χ1v) is 5.36. The van der Waals surface area contributed by atoms with Crippen LogP contribution in [-0.2, 0) is 19.6 Å². The maximum absolute atomic E-state index is 4.22. The summed E-state index contributed by atoms with van der Waals surface area (Å²) in [5.74, 6) is 0. The Kier molecular flexibility index (Phi) is 3.31. The van der Waals surface area contributed by atoms with E-state index in [0.717, 1.165) is 30.9 Å². The normalized spacial score (nSPS) is 10.9. The molecule has 6 heteroatoms. The smallest absolute Gasteiger partial charge is 0.0964 e. The second-order valence-corrected chi connectivity index (χ2v) is 3.64. The minimum absolute atomic E-state index is 0.719. The summed E-state index contributed by atoms with van der Waals surface area (Å²) in [7, 11) is 1.89. The lowest BCUT2D eigenvalue weighted by molar-refractivity contribution is 0.641. The predicted octanol–water partition coefficient (Wildman–Crippen LogP) is 0.262. The van der Waals surface area contributed by atoms with Crippen LogP contribution in [-0.4, -0.2) is 31.8 Å². The lowest BCUT2D eigenvalue weighted by Crippen LogP contribution is -2.05. The Morgan fingerprint density at radius 1 is 1.31 bits per heavy atom. The van der Waals surface area contributed by atoms with Gasteiger partial charge in [0.2, 0.25) is 0 Å². The average molecular weight is 220 g/mol. The fraction of sp³-hybridized carbons (Fsp3) is 0.500. The van der Waals surface area contributed by atoms with Gasteiger partial charge in [0, 0.05) is 24.8 Å². The molecule has 2 aromatic rings. The standard InChI is InChI=1S/C10H16N6/c1-3-15-6-9(4-12-15)7-16-8-10(5-11-2)13-14-16/h4,6,8,11H,3,5,7H2,1-2H3. The quantitative estimate of drug-likeness (QED) is 0.785. The number of nitrogens with zero attached hydrogens (tertiary/aromatic N) is 5. The molecule has 0 fully saturated rings. The van der Waals surface area contributed by atoms with Crippen LogP contribution in [0.5, 0.6) is 0 Å². The largest absolute Gasteiger partial charge is 0.314 e. The molecule has 16 heavy (non-hydrogen) atoms. The molecular weight excluding hydrogens is 204 g/mol. The minimum Gasteiger partial charge on any atom is -0.314 e. The molecule has 86 valence electrons. The Hall–Kier alpha value is -1.69. The van der Waals surface area contributed by atoms with Gasteiger partial charge in [-0.05, 0) is 14.0 Å². The van der Waals surface area contributed by atoms with Crippen LogP contribution >= 0.6 is 0 Å². The van der Waals surface area contributed by atoms with E-state index in [1.807, 2.05) is 35.0 Å². The summed E-state index contributed by atoms with van der Waals surface area (Å²) in [6.45, 7) is 4.42. The van der Waals surface area contributed by atoms with Crippen molar-refractivity contribution in [2.24, 2.45) is 0 Å². The molecule has 0 saturated carbocycles. The van der Waals surface area contributed by atoms with E-state index in [2.05, 4.69) is 27.7 Å². The van der Waals surface area contributed by atoms with E-state index >= 15 is 0 Å². The highest BCUT2D eigenvalue weighted by molar-refractivity contribution is 5.05. The summed E-state index contributed by atoms with van der Waals surface area (Å²) in [6.07, 6.45) is 5.84. The zero-order valence-corrected chi connectivity index (χ0v) is 9.59. The van der Waals surface area contributed by atoms with Crippen LogP contribution in [0.2, 0.25) is 0 Å². The highest BCUT2D eigenvalue weighted by Gasteiger charge is 2.02. The Bertz CT molecular complexity index is 444. The van der Waals surface area contributed by atoms with E-state index in [4.69, 9.17) is 0 Å². The Morgan fingerprint density at radius 2 is 2.19 bits per heavy atom. The van der Waals surface area contributed by atoms with Crippen molar-refractivity contribution in [2.75, 3.05) is 7.05 Å². The summed E-state index contributed by atoms with van der Waals surface area (Å²) < 4.78 is 3.73. The molecule has 0 saturated heterocycles. The molecule has 0 spiro atoms. The maximum Gasteiger partial charge on any atom is 0.0964 e. The minimum atomic E-state index is 0.719. The summed E-state index contributed by atoms with van der Waals surface area (Å²) in [5, 5.41) is 15.4. The molecule has 0 aliphatic rings. The van der Waals surface area contributed by atoms with Crippen molar-refractivity contribution in [3.63, 3.8) is 0 Å². The molecule has 6 nitrogen and oxygen atoms in total. The summed E-state index contributed by atoms with van der Waals surface area (Å²) in [4.78, 5) is 0. The van der Waals surface area contributed by atoms with Gasteiger partial charge in [0.25, 0.3) is 0 Å². The summed E-state index contributed by atoms with van der Waals surface area (Å²) in [5.41, 5.74) is 2.09. The van der Waals surface area contributed by atoms with Crippen LogP contribution in [0.4, 0.5) is 0 Å². The Morgan fingerprint density at radius 3 is 2.88 bits per heavy atom. The van der Waals surface area contributed by atoms with Gasteiger partial charge < -0.3 is 5.32 Å². The summed E-state index contributed by atoms with van der Waals surface area (Å²) in [6, 6.07) is 0. The highest BCUT2D eigenvalue weighted by Crippen LogP contribution is 2.01. The monoisotopic (exact) mass is 220 g/mol. The van der Waals surface area contributed by atoms with Gasteiger partial charge in [-0.3, -0.25) is 4.68 Å².